The van der Waals surface area contributed by atoms with E-state index in [-0.39, 0.29) is 35.6 Å². The molecule has 2 aromatic carbocycles. The van der Waals surface area contributed by atoms with Gasteiger partial charge in [-0.2, -0.15) is 0 Å². The molecule has 0 unspecified atom stereocenters. The van der Waals surface area contributed by atoms with Gasteiger partial charge in [-0.25, -0.2) is 0 Å². The number of phenolic OH excluding ortho intramolecular Hbond substituents is 2. The van der Waals surface area contributed by atoms with Crippen LogP contribution in [0.5, 0.6) is 11.5 Å². The second-order valence-corrected chi connectivity index (χ2v) is 10.6. The number of hydrogen-bond acceptors (Lipinski definition) is 3. The molecule has 188 valence electrons. The van der Waals surface area contributed by atoms with E-state index in [0.29, 0.717) is 11.5 Å². The van der Waals surface area contributed by atoms with Crippen molar-refractivity contribution in [2.75, 3.05) is 0 Å². The average molecular weight is 543 g/mol. The van der Waals surface area contributed by atoms with Crippen LogP contribution in [0.15, 0.2) is 52.9 Å². The Balaban J connectivity index is 0. The van der Waals surface area contributed by atoms with Crippen LogP contribution in [0.25, 0.3) is 0 Å². The Morgan fingerprint density at radius 1 is 0.676 bits per heavy atom. The van der Waals surface area contributed by atoms with Gasteiger partial charge in [-0.3, -0.25) is 0 Å². The minimum absolute atomic E-state index is 0. The molecule has 0 saturated heterocycles. The van der Waals surface area contributed by atoms with Crippen molar-refractivity contribution in [3.05, 3.63) is 82.3 Å². The summed E-state index contributed by atoms with van der Waals surface area (Å²) in [6.45, 7) is 18.6. The Bertz CT molecular complexity index is 967. The van der Waals surface area contributed by atoms with Crippen LogP contribution in [-0.2, 0) is 30.8 Å². The molecule has 0 aliphatic rings. The Kier molecular flexibility index (Phi) is 15.1. The molecule has 0 saturated carbocycles. The van der Waals surface area contributed by atoms with Gasteiger partial charge < -0.3 is 10.2 Å². The molecule has 0 atom stereocenters. The summed E-state index contributed by atoms with van der Waals surface area (Å²) in [7, 11) is 0. The predicted octanol–water partition coefficient (Wildman–Crippen LogP) is 8.12. The van der Waals surface area contributed by atoms with Gasteiger partial charge in [-0.05, 0) is 47.9 Å². The summed E-state index contributed by atoms with van der Waals surface area (Å²) < 4.78 is 7.11. The molecule has 1 heterocycles. The van der Waals surface area contributed by atoms with Crippen molar-refractivity contribution in [1.82, 2.24) is 0 Å². The van der Waals surface area contributed by atoms with E-state index in [4.69, 9.17) is 4.42 Å². The minimum Gasteiger partial charge on any atom is -0.147 e. The molecule has 0 amide bonds. The molecule has 34 heavy (non-hydrogen) atoms. The summed E-state index contributed by atoms with van der Waals surface area (Å²) in [5, 5.41) is 19.1. The molecule has 3 rings (SSSR count). The minimum atomic E-state index is 0. The molecule has 2 N–H and O–H groups in total. The maximum absolute atomic E-state index is 9.57. The number of furan rings is 1. The zero-order valence-corrected chi connectivity index (χ0v) is 25.0. The number of aromatic hydroxyl groups is 2. The van der Waals surface area contributed by atoms with Crippen LogP contribution in [0.3, 0.4) is 0 Å². The van der Waals surface area contributed by atoms with Crippen LogP contribution in [-0.4, -0.2) is 14.5 Å². The molecule has 0 bridgehead atoms. The number of benzene rings is 2. The second kappa shape index (κ2) is 14.8. The van der Waals surface area contributed by atoms with Crippen molar-refractivity contribution in [1.29, 1.82) is 0 Å². The first-order chi connectivity index (χ1) is 14.6. The standard InChI is InChI=1S/2C11H16O.C6H6O.2ClH.Ti/c2*1-8-5-6-10(12)9(7-8)11(2,3)4;1-5-3-4-6(2)7-5;;;/h2*5-7,12H,1-4H3;1,3-4H,2H3;2*1H;. The van der Waals surface area contributed by atoms with E-state index >= 15 is 0 Å². The Hall–Kier alpha value is -1.52. The van der Waals surface area contributed by atoms with E-state index in [1.165, 1.54) is 11.1 Å². The molecule has 3 aromatic rings. The van der Waals surface area contributed by atoms with Gasteiger partial charge in [-0.15, -0.1) is 24.8 Å². The fourth-order valence-corrected chi connectivity index (χ4v) is 3.27. The first kappa shape index (κ1) is 34.7. The van der Waals surface area contributed by atoms with Gasteiger partial charge in [0.15, 0.2) is 0 Å². The zero-order chi connectivity index (χ0) is 24.7. The molecule has 6 heteroatoms. The van der Waals surface area contributed by atoms with Crippen molar-refractivity contribution >= 4 is 29.1 Å². The molecule has 0 aliphatic carbocycles. The molecule has 0 spiro atoms. The topological polar surface area (TPSA) is 53.6 Å². The van der Waals surface area contributed by atoms with Crippen molar-refractivity contribution in [2.24, 2.45) is 0 Å². The summed E-state index contributed by atoms with van der Waals surface area (Å²) in [5.74, 6) is 2.71. The number of halogens is 2. The predicted molar refractivity (Wildman–Crippen MR) is 146 cm³/mol. The average Bonchev–Trinajstić information content (AvgIpc) is 3.10. The van der Waals surface area contributed by atoms with Gasteiger partial charge in [0.05, 0.1) is 0 Å². The van der Waals surface area contributed by atoms with Gasteiger partial charge in [0.2, 0.25) is 0 Å². The van der Waals surface area contributed by atoms with Crippen molar-refractivity contribution in [3.8, 4) is 11.5 Å². The molecule has 0 fully saturated rings. The normalized spacial score (nSPS) is 10.4. The van der Waals surface area contributed by atoms with Crippen LogP contribution in [0, 0.1) is 20.8 Å². The summed E-state index contributed by atoms with van der Waals surface area (Å²) >= 11 is 1.96. The fourth-order valence-electron chi connectivity index (χ4n) is 3.03. The van der Waals surface area contributed by atoms with Crippen LogP contribution < -0.4 is 0 Å². The molecule has 0 radical (unpaired) electrons. The van der Waals surface area contributed by atoms with Crippen molar-refractivity contribution in [2.45, 2.75) is 73.1 Å². The van der Waals surface area contributed by atoms with E-state index in [9.17, 15) is 10.2 Å². The Morgan fingerprint density at radius 2 is 1.06 bits per heavy atom. The molecular weight excluding hydrogens is 503 g/mol. The van der Waals surface area contributed by atoms with Gasteiger partial charge in [0.1, 0.15) is 11.5 Å². The summed E-state index contributed by atoms with van der Waals surface area (Å²) in [6, 6.07) is 15.3. The molecule has 0 aliphatic heterocycles. The smallest absolute Gasteiger partial charge is 0.147 e. The number of phenols is 2. The Morgan fingerprint density at radius 3 is 1.26 bits per heavy atom. The summed E-state index contributed by atoms with van der Waals surface area (Å²) in [5.41, 5.74) is 4.46. The van der Waals surface area contributed by atoms with Crippen LogP contribution >= 0.6 is 24.8 Å². The quantitative estimate of drug-likeness (QED) is 0.305. The summed E-state index contributed by atoms with van der Waals surface area (Å²) in [4.78, 5) is 0. The largest absolute Gasteiger partial charge is 0.147 e. The van der Waals surface area contributed by atoms with E-state index in [1.54, 1.807) is 12.1 Å². The monoisotopic (exact) mass is 542 g/mol. The van der Waals surface area contributed by atoms with Crippen LogP contribution in [0.1, 0.15) is 75.3 Å². The van der Waals surface area contributed by atoms with Gasteiger partial charge in [-0.1, -0.05) is 76.9 Å². The van der Waals surface area contributed by atoms with Gasteiger partial charge in [0.25, 0.3) is 0 Å². The molecule has 1 aromatic heterocycles. The number of hydrogen-bond donors (Lipinski definition) is 2. The first-order valence-corrected chi connectivity index (χ1v) is 11.7. The number of aryl methyl sites for hydroxylation is 3. The van der Waals surface area contributed by atoms with Gasteiger partial charge in [0, 0.05) is 0 Å². The third-order valence-electron chi connectivity index (χ3n) is 4.82. The van der Waals surface area contributed by atoms with E-state index in [1.807, 2.05) is 81.5 Å². The molecule has 3 nitrogen and oxygen atoms in total. The Labute approximate surface area is 229 Å². The summed E-state index contributed by atoms with van der Waals surface area (Å²) in [6.07, 6.45) is 0. The van der Waals surface area contributed by atoms with Crippen LogP contribution in [0.2, 0.25) is 0 Å². The maximum Gasteiger partial charge on any atom is -0.147 e. The second-order valence-electron chi connectivity index (χ2n) is 10.1. The fraction of sp³-hybridized carbons (Fsp3) is 0.393. The third kappa shape index (κ3) is 11.8. The van der Waals surface area contributed by atoms with Gasteiger partial charge >= 0.3 is 59.3 Å². The SMILES string of the molecule is Cc1ccc(O)c(C(C)(C)C)c1.Cc1ccc(O)c(C(C)(C)C)c1.Cc1ccc([CH]=[Ti])o1.Cl.Cl. The van der Waals surface area contributed by atoms with E-state index < -0.39 is 0 Å². The third-order valence-corrected chi connectivity index (χ3v) is 5.27. The number of rotatable bonds is 1. The van der Waals surface area contributed by atoms with E-state index in [2.05, 4.69) is 41.5 Å². The van der Waals surface area contributed by atoms with Crippen LogP contribution in [0.4, 0.5) is 0 Å². The first-order valence-electron chi connectivity index (χ1n) is 10.8. The van der Waals surface area contributed by atoms with E-state index in [0.717, 1.165) is 22.6 Å². The zero-order valence-electron chi connectivity index (χ0n) is 21.8. The van der Waals surface area contributed by atoms with Crippen molar-refractivity contribution < 1.29 is 34.6 Å². The maximum atomic E-state index is 9.57. The molecular formula is C28H40Cl2O3Ti. The van der Waals surface area contributed by atoms with Crippen molar-refractivity contribution in [3.63, 3.8) is 0 Å².